The van der Waals surface area contributed by atoms with Crippen molar-refractivity contribution in [2.45, 2.75) is 0 Å². The van der Waals surface area contributed by atoms with Gasteiger partial charge in [0, 0.05) is 18.1 Å². The Morgan fingerprint density at radius 2 is 2.00 bits per heavy atom. The topological polar surface area (TPSA) is 45.7 Å². The number of carbonyl (C=O) groups is 1. The van der Waals surface area contributed by atoms with Gasteiger partial charge >= 0.3 is 0 Å². The molecular formula is C19H18Cl2FN3O2S. The molecule has 0 spiro atoms. The van der Waals surface area contributed by atoms with Crippen molar-refractivity contribution in [3.05, 3.63) is 52.3 Å². The zero-order valence-electron chi connectivity index (χ0n) is 15.3. The first-order chi connectivity index (χ1) is 13.3. The van der Waals surface area contributed by atoms with Gasteiger partial charge in [-0.05, 0) is 44.4 Å². The molecule has 0 aliphatic heterocycles. The Labute approximate surface area is 176 Å². The third kappa shape index (κ3) is 4.91. The van der Waals surface area contributed by atoms with E-state index < -0.39 is 5.82 Å². The summed E-state index contributed by atoms with van der Waals surface area (Å²) in [6.45, 7) is 0.782. The number of ether oxygens (including phenoxy) is 1. The molecule has 28 heavy (non-hydrogen) atoms. The fourth-order valence-corrected chi connectivity index (χ4v) is 3.94. The molecule has 0 N–H and O–H groups in total. The number of thiazole rings is 1. The molecule has 1 heterocycles. The van der Waals surface area contributed by atoms with E-state index in [1.807, 2.05) is 19.0 Å². The number of hydrogen-bond acceptors (Lipinski definition) is 5. The van der Waals surface area contributed by atoms with Gasteiger partial charge in [0.15, 0.2) is 11.7 Å². The van der Waals surface area contributed by atoms with Crippen LogP contribution in [-0.2, 0) is 4.79 Å². The second kappa shape index (κ2) is 9.05. The Kier molecular flexibility index (Phi) is 6.72. The second-order valence-electron chi connectivity index (χ2n) is 6.30. The first kappa shape index (κ1) is 20.8. The van der Waals surface area contributed by atoms with Crippen LogP contribution in [0.15, 0.2) is 36.4 Å². The van der Waals surface area contributed by atoms with Crippen molar-refractivity contribution in [1.29, 1.82) is 0 Å². The minimum Gasteiger partial charge on any atom is -0.482 e. The van der Waals surface area contributed by atoms with Gasteiger partial charge in [0.1, 0.15) is 17.1 Å². The normalized spacial score (nSPS) is 11.2. The predicted octanol–water partition coefficient (Wildman–Crippen LogP) is 4.72. The van der Waals surface area contributed by atoms with Crippen LogP contribution in [-0.4, -0.2) is 49.6 Å². The highest BCUT2D eigenvalue weighted by molar-refractivity contribution is 7.22. The number of nitrogens with zero attached hydrogens (tertiary/aromatic N) is 3. The highest BCUT2D eigenvalue weighted by Gasteiger charge is 2.21. The number of para-hydroxylation sites is 1. The molecule has 1 amide bonds. The van der Waals surface area contributed by atoms with Gasteiger partial charge in [0.25, 0.3) is 5.91 Å². The molecular weight excluding hydrogens is 424 g/mol. The van der Waals surface area contributed by atoms with Crippen LogP contribution in [0.3, 0.4) is 0 Å². The van der Waals surface area contributed by atoms with Gasteiger partial charge in [-0.2, -0.15) is 0 Å². The van der Waals surface area contributed by atoms with E-state index in [1.165, 1.54) is 22.3 Å². The third-order valence-corrected chi connectivity index (χ3v) is 5.48. The Balaban J connectivity index is 1.81. The predicted molar refractivity (Wildman–Crippen MR) is 112 cm³/mol. The summed E-state index contributed by atoms with van der Waals surface area (Å²) >= 11 is 13.2. The van der Waals surface area contributed by atoms with Gasteiger partial charge in [0.2, 0.25) is 0 Å². The Morgan fingerprint density at radius 3 is 2.68 bits per heavy atom. The minimum atomic E-state index is -0.413. The molecule has 9 heteroatoms. The zero-order chi connectivity index (χ0) is 20.3. The number of hydrogen-bond donors (Lipinski definition) is 0. The van der Waals surface area contributed by atoms with E-state index in [-0.39, 0.29) is 18.0 Å². The highest BCUT2D eigenvalue weighted by Crippen LogP contribution is 2.31. The fraction of sp³-hybridized carbons (Fsp3) is 0.263. The van der Waals surface area contributed by atoms with Crippen LogP contribution in [0.4, 0.5) is 9.52 Å². The molecule has 148 valence electrons. The lowest BCUT2D eigenvalue weighted by atomic mass is 10.3. The lowest BCUT2D eigenvalue weighted by Crippen LogP contribution is -2.39. The molecule has 3 aromatic rings. The van der Waals surface area contributed by atoms with E-state index in [2.05, 4.69) is 4.98 Å². The number of amides is 1. The molecule has 0 unspecified atom stereocenters. The average Bonchev–Trinajstić information content (AvgIpc) is 3.06. The number of carbonyl (C=O) groups excluding carboxylic acids is 1. The first-order valence-electron chi connectivity index (χ1n) is 8.43. The summed E-state index contributed by atoms with van der Waals surface area (Å²) in [5.74, 6) is -0.348. The average molecular weight is 442 g/mol. The highest BCUT2D eigenvalue weighted by atomic mass is 35.5. The number of fused-ring (bicyclic) bond motifs is 1. The maximum atomic E-state index is 14.0. The molecule has 0 saturated carbocycles. The summed E-state index contributed by atoms with van der Waals surface area (Å²) in [6, 6.07) is 9.53. The summed E-state index contributed by atoms with van der Waals surface area (Å²) in [6.07, 6.45) is 0. The summed E-state index contributed by atoms with van der Waals surface area (Å²) in [4.78, 5) is 20.6. The van der Waals surface area contributed by atoms with Crippen molar-refractivity contribution in [1.82, 2.24) is 9.88 Å². The van der Waals surface area contributed by atoms with Crippen molar-refractivity contribution in [3.63, 3.8) is 0 Å². The van der Waals surface area contributed by atoms with Gasteiger partial charge in [-0.1, -0.05) is 40.6 Å². The van der Waals surface area contributed by atoms with Crippen LogP contribution in [0.2, 0.25) is 10.0 Å². The number of likely N-dealkylation sites (N-methyl/N-ethyl adjacent to an activating group) is 1. The van der Waals surface area contributed by atoms with E-state index in [4.69, 9.17) is 27.9 Å². The monoisotopic (exact) mass is 441 g/mol. The number of benzene rings is 2. The maximum Gasteiger partial charge on any atom is 0.266 e. The quantitative estimate of drug-likeness (QED) is 0.532. The van der Waals surface area contributed by atoms with E-state index in [0.29, 0.717) is 38.7 Å². The molecule has 0 aliphatic carbocycles. The maximum absolute atomic E-state index is 14.0. The van der Waals surface area contributed by atoms with Crippen LogP contribution < -0.4 is 9.64 Å². The summed E-state index contributed by atoms with van der Waals surface area (Å²) in [7, 11) is 3.81. The van der Waals surface area contributed by atoms with Gasteiger partial charge in [-0.3, -0.25) is 9.69 Å². The van der Waals surface area contributed by atoms with Crippen LogP contribution in [0, 0.1) is 5.82 Å². The van der Waals surface area contributed by atoms with Crippen molar-refractivity contribution >= 4 is 55.8 Å². The molecule has 0 bridgehead atoms. The van der Waals surface area contributed by atoms with Crippen LogP contribution in [0.5, 0.6) is 5.75 Å². The lowest BCUT2D eigenvalue weighted by Gasteiger charge is -2.22. The largest absolute Gasteiger partial charge is 0.482 e. The Hall–Kier alpha value is -1.93. The first-order valence-corrected chi connectivity index (χ1v) is 10.0. The van der Waals surface area contributed by atoms with Gasteiger partial charge < -0.3 is 9.64 Å². The summed E-state index contributed by atoms with van der Waals surface area (Å²) < 4.78 is 20.3. The minimum absolute atomic E-state index is 0.229. The molecule has 3 rings (SSSR count). The standard InChI is InChI=1S/C19H18Cl2FN3O2S/c1-24(2)8-9-25(19-23-18-14(22)4-3-5-16(18)28-19)17(26)11-27-15-7-6-12(20)10-13(15)21/h3-7,10H,8-9,11H2,1-2H3. The number of rotatable bonds is 7. The Morgan fingerprint density at radius 1 is 1.21 bits per heavy atom. The Bertz CT molecular complexity index is 996. The van der Waals surface area contributed by atoms with E-state index in [9.17, 15) is 9.18 Å². The van der Waals surface area contributed by atoms with Gasteiger partial charge in [0.05, 0.1) is 9.72 Å². The smallest absolute Gasteiger partial charge is 0.266 e. The number of halogens is 3. The third-order valence-electron chi connectivity index (χ3n) is 3.91. The molecule has 1 aromatic heterocycles. The van der Waals surface area contributed by atoms with Crippen LogP contribution in [0.1, 0.15) is 0 Å². The summed E-state index contributed by atoms with van der Waals surface area (Å²) in [5.41, 5.74) is 0.256. The van der Waals surface area contributed by atoms with Crippen molar-refractivity contribution in [2.75, 3.05) is 38.7 Å². The molecule has 2 aromatic carbocycles. The van der Waals surface area contributed by atoms with Crippen LogP contribution in [0.25, 0.3) is 10.2 Å². The number of aromatic nitrogens is 1. The molecule has 0 atom stereocenters. The van der Waals surface area contributed by atoms with Crippen molar-refractivity contribution < 1.29 is 13.9 Å². The fourth-order valence-electron chi connectivity index (χ4n) is 2.46. The lowest BCUT2D eigenvalue weighted by molar-refractivity contribution is -0.120. The summed E-state index contributed by atoms with van der Waals surface area (Å²) in [5, 5.41) is 1.23. The SMILES string of the molecule is CN(C)CCN(C(=O)COc1ccc(Cl)cc1Cl)c1nc2c(F)cccc2s1. The van der Waals surface area contributed by atoms with E-state index in [1.54, 1.807) is 30.3 Å². The molecule has 0 aliphatic rings. The molecule has 0 saturated heterocycles. The van der Waals surface area contributed by atoms with E-state index in [0.717, 1.165) is 0 Å². The van der Waals surface area contributed by atoms with E-state index >= 15 is 0 Å². The van der Waals surface area contributed by atoms with Gasteiger partial charge in [-0.25, -0.2) is 9.37 Å². The number of anilines is 1. The molecule has 5 nitrogen and oxygen atoms in total. The second-order valence-corrected chi connectivity index (χ2v) is 8.15. The van der Waals surface area contributed by atoms with Crippen molar-refractivity contribution in [2.24, 2.45) is 0 Å². The van der Waals surface area contributed by atoms with Gasteiger partial charge in [-0.15, -0.1) is 0 Å². The van der Waals surface area contributed by atoms with Crippen LogP contribution >= 0.6 is 34.5 Å². The molecule has 0 fully saturated rings. The zero-order valence-corrected chi connectivity index (χ0v) is 17.6. The van der Waals surface area contributed by atoms with Crippen molar-refractivity contribution in [3.8, 4) is 5.75 Å². The molecule has 0 radical (unpaired) electrons.